The van der Waals surface area contributed by atoms with Gasteiger partial charge in [-0.05, 0) is 25.2 Å². The summed E-state index contributed by atoms with van der Waals surface area (Å²) in [4.78, 5) is 0. The molecule has 2 N–H and O–H groups in total. The molecule has 1 aliphatic carbocycles. The van der Waals surface area contributed by atoms with E-state index < -0.39 is 0 Å². The van der Waals surface area contributed by atoms with Crippen LogP contribution in [0.2, 0.25) is 0 Å². The Hall–Kier alpha value is -1.42. The lowest BCUT2D eigenvalue weighted by molar-refractivity contribution is 0.367. The number of methoxy groups -OCH3 is 3. The van der Waals surface area contributed by atoms with Gasteiger partial charge in [-0.25, -0.2) is 0 Å². The van der Waals surface area contributed by atoms with Gasteiger partial charge in [0.2, 0.25) is 0 Å². The molecule has 1 saturated carbocycles. The highest BCUT2D eigenvalue weighted by Gasteiger charge is 2.44. The van der Waals surface area contributed by atoms with Crippen LogP contribution in [0.3, 0.4) is 0 Å². The van der Waals surface area contributed by atoms with Crippen LogP contribution in [0.5, 0.6) is 17.2 Å². The molecule has 0 aromatic heterocycles. The molecule has 2 rings (SSSR count). The molecule has 100 valence electrons. The van der Waals surface area contributed by atoms with E-state index in [1.54, 1.807) is 21.3 Å². The molecule has 0 amide bonds. The molecular formula is C14H21NO3. The number of rotatable bonds is 5. The highest BCUT2D eigenvalue weighted by Crippen LogP contribution is 2.55. The van der Waals surface area contributed by atoms with Crippen molar-refractivity contribution in [3.05, 3.63) is 17.7 Å². The van der Waals surface area contributed by atoms with Crippen molar-refractivity contribution in [2.24, 2.45) is 11.7 Å². The Morgan fingerprint density at radius 3 is 2.00 bits per heavy atom. The van der Waals surface area contributed by atoms with Crippen molar-refractivity contribution in [1.29, 1.82) is 0 Å². The number of hydrogen-bond acceptors (Lipinski definition) is 4. The Balaban J connectivity index is 2.39. The van der Waals surface area contributed by atoms with E-state index in [1.165, 1.54) is 0 Å². The summed E-state index contributed by atoms with van der Waals surface area (Å²) < 4.78 is 16.2. The van der Waals surface area contributed by atoms with Gasteiger partial charge in [-0.15, -0.1) is 0 Å². The largest absolute Gasteiger partial charge is 0.496 e. The third-order valence-electron chi connectivity index (χ3n) is 3.64. The van der Waals surface area contributed by atoms with Crippen molar-refractivity contribution in [2.45, 2.75) is 25.3 Å². The van der Waals surface area contributed by atoms with Gasteiger partial charge in [0.25, 0.3) is 0 Å². The fourth-order valence-corrected chi connectivity index (χ4v) is 2.53. The van der Waals surface area contributed by atoms with Crippen molar-refractivity contribution in [3.63, 3.8) is 0 Å². The van der Waals surface area contributed by atoms with E-state index in [0.717, 1.165) is 29.2 Å². The molecule has 3 atom stereocenters. The van der Waals surface area contributed by atoms with Crippen LogP contribution in [-0.4, -0.2) is 27.4 Å². The monoisotopic (exact) mass is 251 g/mol. The van der Waals surface area contributed by atoms with Crippen molar-refractivity contribution in [3.8, 4) is 17.2 Å². The van der Waals surface area contributed by atoms with E-state index in [9.17, 15) is 0 Å². The maximum Gasteiger partial charge on any atom is 0.129 e. The molecule has 1 fully saturated rings. The Morgan fingerprint density at radius 2 is 1.67 bits per heavy atom. The first-order chi connectivity index (χ1) is 8.62. The molecule has 18 heavy (non-hydrogen) atoms. The van der Waals surface area contributed by atoms with Gasteiger partial charge in [-0.3, -0.25) is 0 Å². The molecule has 0 radical (unpaired) electrons. The van der Waals surface area contributed by atoms with Gasteiger partial charge in [0.15, 0.2) is 0 Å². The molecule has 0 heterocycles. The smallest absolute Gasteiger partial charge is 0.129 e. The summed E-state index contributed by atoms with van der Waals surface area (Å²) in [6, 6.07) is 3.99. The average Bonchev–Trinajstić information content (AvgIpc) is 3.17. The summed E-state index contributed by atoms with van der Waals surface area (Å²) in [5.74, 6) is 3.33. The van der Waals surface area contributed by atoms with Crippen molar-refractivity contribution < 1.29 is 14.2 Å². The first kappa shape index (κ1) is 13.0. The SMILES string of the molecule is COc1cc(OC)c([C@H]2C[C@@H]2[C@@H](C)N)c(OC)c1. The van der Waals surface area contributed by atoms with Crippen LogP contribution in [-0.2, 0) is 0 Å². The normalized spacial score (nSPS) is 23.4. The van der Waals surface area contributed by atoms with Gasteiger partial charge < -0.3 is 19.9 Å². The van der Waals surface area contributed by atoms with Gasteiger partial charge >= 0.3 is 0 Å². The predicted octanol–water partition coefficient (Wildman–Crippen LogP) is 2.16. The number of ether oxygens (including phenoxy) is 3. The molecule has 4 nitrogen and oxygen atoms in total. The second-order valence-corrected chi connectivity index (χ2v) is 4.81. The molecule has 0 spiro atoms. The summed E-state index contributed by atoms with van der Waals surface area (Å²) in [5, 5.41) is 0. The molecule has 1 aromatic rings. The minimum absolute atomic E-state index is 0.200. The van der Waals surface area contributed by atoms with Gasteiger partial charge in [0, 0.05) is 23.7 Å². The molecule has 0 aliphatic heterocycles. The van der Waals surface area contributed by atoms with Crippen LogP contribution >= 0.6 is 0 Å². The van der Waals surface area contributed by atoms with Crippen molar-refractivity contribution >= 4 is 0 Å². The average molecular weight is 251 g/mol. The fourth-order valence-electron chi connectivity index (χ4n) is 2.53. The summed E-state index contributed by atoms with van der Waals surface area (Å²) in [7, 11) is 4.97. The Bertz CT molecular complexity index is 406. The van der Waals surface area contributed by atoms with Crippen LogP contribution in [0, 0.1) is 5.92 Å². The third kappa shape index (κ3) is 2.25. The second kappa shape index (κ2) is 5.06. The molecule has 0 saturated heterocycles. The Kier molecular flexibility index (Phi) is 3.66. The molecular weight excluding hydrogens is 230 g/mol. The Labute approximate surface area is 108 Å². The fraction of sp³-hybridized carbons (Fsp3) is 0.571. The summed E-state index contributed by atoms with van der Waals surface area (Å²) in [5.41, 5.74) is 7.07. The third-order valence-corrected chi connectivity index (χ3v) is 3.64. The molecule has 0 bridgehead atoms. The minimum Gasteiger partial charge on any atom is -0.496 e. The van der Waals surface area contributed by atoms with E-state index in [-0.39, 0.29) is 6.04 Å². The summed E-state index contributed by atoms with van der Waals surface area (Å²) >= 11 is 0. The molecule has 4 heteroatoms. The molecule has 0 unspecified atom stereocenters. The standard InChI is InChI=1S/C14H21NO3/c1-8(15)10-7-11(10)14-12(17-3)5-9(16-2)6-13(14)18-4/h5-6,8,10-11H,7,15H2,1-4H3/t8-,10-,11+/m1/s1. The lowest BCUT2D eigenvalue weighted by atomic mass is 10.0. The molecule has 1 aromatic carbocycles. The first-order valence-electron chi connectivity index (χ1n) is 6.17. The number of benzene rings is 1. The zero-order valence-corrected chi connectivity index (χ0v) is 11.4. The van der Waals surface area contributed by atoms with Crippen LogP contribution < -0.4 is 19.9 Å². The zero-order chi connectivity index (χ0) is 13.3. The van der Waals surface area contributed by atoms with Crippen molar-refractivity contribution in [2.75, 3.05) is 21.3 Å². The van der Waals surface area contributed by atoms with E-state index in [0.29, 0.717) is 11.8 Å². The lowest BCUT2D eigenvalue weighted by Crippen LogP contribution is -2.18. The number of hydrogen-bond donors (Lipinski definition) is 1. The first-order valence-corrected chi connectivity index (χ1v) is 6.17. The van der Waals surface area contributed by atoms with Crippen LogP contribution in [0.1, 0.15) is 24.8 Å². The predicted molar refractivity (Wildman–Crippen MR) is 70.6 cm³/mol. The zero-order valence-electron chi connectivity index (χ0n) is 11.4. The Morgan fingerprint density at radius 1 is 1.11 bits per heavy atom. The van der Waals surface area contributed by atoms with Gasteiger partial charge in [0.05, 0.1) is 21.3 Å². The quantitative estimate of drug-likeness (QED) is 0.871. The van der Waals surface area contributed by atoms with Gasteiger partial charge in [0.1, 0.15) is 17.2 Å². The number of nitrogens with two attached hydrogens (primary N) is 1. The topological polar surface area (TPSA) is 53.7 Å². The van der Waals surface area contributed by atoms with Gasteiger partial charge in [-0.2, -0.15) is 0 Å². The van der Waals surface area contributed by atoms with Crippen molar-refractivity contribution in [1.82, 2.24) is 0 Å². The van der Waals surface area contributed by atoms with E-state index in [4.69, 9.17) is 19.9 Å². The maximum absolute atomic E-state index is 5.96. The lowest BCUT2D eigenvalue weighted by Gasteiger charge is -2.15. The van der Waals surface area contributed by atoms with Gasteiger partial charge in [-0.1, -0.05) is 0 Å². The summed E-state index contributed by atoms with van der Waals surface area (Å²) in [6.07, 6.45) is 1.09. The van der Waals surface area contributed by atoms with E-state index in [1.807, 2.05) is 19.1 Å². The summed E-state index contributed by atoms with van der Waals surface area (Å²) in [6.45, 7) is 2.05. The highest BCUT2D eigenvalue weighted by atomic mass is 16.5. The van der Waals surface area contributed by atoms with Crippen LogP contribution in [0.15, 0.2) is 12.1 Å². The molecule has 1 aliphatic rings. The van der Waals surface area contributed by atoms with Crippen LogP contribution in [0.4, 0.5) is 0 Å². The van der Waals surface area contributed by atoms with E-state index in [2.05, 4.69) is 0 Å². The second-order valence-electron chi connectivity index (χ2n) is 4.81. The maximum atomic E-state index is 5.96. The van der Waals surface area contributed by atoms with E-state index >= 15 is 0 Å². The highest BCUT2D eigenvalue weighted by molar-refractivity contribution is 5.54. The minimum atomic E-state index is 0.200. The van der Waals surface area contributed by atoms with Crippen LogP contribution in [0.25, 0.3) is 0 Å².